The van der Waals surface area contributed by atoms with Crippen LogP contribution in [0, 0.1) is 17.5 Å². The van der Waals surface area contributed by atoms with Gasteiger partial charge in [0.1, 0.15) is 27.3 Å². The van der Waals surface area contributed by atoms with Crippen LogP contribution in [0.15, 0.2) is 201 Å². The Hall–Kier alpha value is -11.3. The number of nitrogens with one attached hydrogen (secondary N) is 4. The molecule has 9 aromatic carbocycles. The molecule has 4 aliphatic rings. The molecule has 0 saturated carbocycles. The number of hydrogen-bond donors (Lipinski definition) is 4. The fraction of sp³-hybridized carbons (Fsp3) is 0.278. The van der Waals surface area contributed by atoms with E-state index in [0.29, 0.717) is 62.7 Å². The number of halogens is 3. The van der Waals surface area contributed by atoms with Crippen molar-refractivity contribution in [3.8, 4) is 50.4 Å². The molecule has 0 spiro atoms. The molecule has 1 atom stereocenters. The van der Waals surface area contributed by atoms with Crippen molar-refractivity contribution >= 4 is 110 Å². The first-order valence-electron chi connectivity index (χ1n) is 39.6. The lowest BCUT2D eigenvalue weighted by molar-refractivity contribution is 0.0659. The lowest BCUT2D eigenvalue weighted by atomic mass is 9.89. The van der Waals surface area contributed by atoms with Gasteiger partial charge in [-0.2, -0.15) is 15.3 Å². The highest BCUT2D eigenvalue weighted by molar-refractivity contribution is 7.91. The van der Waals surface area contributed by atoms with Gasteiger partial charge in [0.05, 0.1) is 69.3 Å². The van der Waals surface area contributed by atoms with Gasteiger partial charge in [-0.05, 0) is 208 Å². The van der Waals surface area contributed by atoms with Crippen molar-refractivity contribution in [2.24, 2.45) is 0 Å². The van der Waals surface area contributed by atoms with E-state index in [0.717, 1.165) is 172 Å². The van der Waals surface area contributed by atoms with Crippen LogP contribution in [0.3, 0.4) is 0 Å². The number of ether oxygens (including phenoxy) is 3. The summed E-state index contributed by atoms with van der Waals surface area (Å²) in [5, 5.41) is 30.9. The minimum absolute atomic E-state index is 0.0542. The number of fused-ring (bicyclic) bond motifs is 6. The lowest BCUT2D eigenvalue weighted by Gasteiger charge is -2.38. The van der Waals surface area contributed by atoms with Gasteiger partial charge in [0.2, 0.25) is 7.37 Å². The van der Waals surface area contributed by atoms with Crippen LogP contribution in [-0.2, 0) is 43.0 Å². The number of hydrogen-bond acceptors (Lipinski definition) is 14. The average Bonchev–Trinajstić information content (AvgIpc) is 1.58. The lowest BCUT2D eigenvalue weighted by Crippen LogP contribution is -2.56. The van der Waals surface area contributed by atoms with Crippen molar-refractivity contribution in [2.75, 3.05) is 90.8 Å². The van der Waals surface area contributed by atoms with E-state index in [2.05, 4.69) is 86.0 Å². The van der Waals surface area contributed by atoms with Crippen LogP contribution in [0.2, 0.25) is 0 Å². The van der Waals surface area contributed by atoms with Gasteiger partial charge in [-0.15, -0.1) is 0 Å². The summed E-state index contributed by atoms with van der Waals surface area (Å²) >= 11 is 0. The molecular formula is C90H87F3N11O11PS2. The van der Waals surface area contributed by atoms with Crippen LogP contribution in [-0.4, -0.2) is 174 Å². The van der Waals surface area contributed by atoms with Crippen molar-refractivity contribution in [1.82, 2.24) is 54.5 Å². The van der Waals surface area contributed by atoms with Crippen LogP contribution < -0.4 is 10.6 Å². The summed E-state index contributed by atoms with van der Waals surface area (Å²) in [7, 11) is -9.22. The summed E-state index contributed by atoms with van der Waals surface area (Å²) in [6.07, 6.45) is 13.0. The van der Waals surface area contributed by atoms with E-state index in [1.807, 2.05) is 85.9 Å². The minimum atomic E-state index is -3.17. The number of amides is 2. The Morgan fingerprint density at radius 2 is 0.831 bits per heavy atom. The third-order valence-electron chi connectivity index (χ3n) is 23.1. The van der Waals surface area contributed by atoms with Crippen LogP contribution in [0.1, 0.15) is 101 Å². The van der Waals surface area contributed by atoms with E-state index >= 15 is 0 Å². The molecule has 4 fully saturated rings. The quantitative estimate of drug-likeness (QED) is 0.0582. The van der Waals surface area contributed by atoms with E-state index < -0.39 is 32.3 Å². The number of H-pyrrole nitrogens is 3. The zero-order valence-electron chi connectivity index (χ0n) is 65.4. The Labute approximate surface area is 678 Å². The summed E-state index contributed by atoms with van der Waals surface area (Å²) in [5.74, 6) is -0.786. The first kappa shape index (κ1) is 79.2. The van der Waals surface area contributed by atoms with Gasteiger partial charge >= 0.3 is 0 Å². The van der Waals surface area contributed by atoms with Crippen molar-refractivity contribution in [2.45, 2.75) is 68.5 Å². The van der Waals surface area contributed by atoms with Gasteiger partial charge < -0.3 is 42.7 Å². The number of nitrogens with zero attached hydrogens (tertiary/aromatic N) is 7. The van der Waals surface area contributed by atoms with Gasteiger partial charge in [0, 0.05) is 196 Å². The third kappa shape index (κ3) is 16.0. The molecule has 0 aliphatic carbocycles. The predicted octanol–water partition coefficient (Wildman–Crippen LogP) is 16.8. The molecular weight excluding hydrogens is 1560 g/mol. The Morgan fingerprint density at radius 3 is 1.16 bits per heavy atom. The van der Waals surface area contributed by atoms with Crippen molar-refractivity contribution in [3.63, 3.8) is 0 Å². The number of benzene rings is 9. The number of aromatic nitrogens is 9. The van der Waals surface area contributed by atoms with Gasteiger partial charge in [0.15, 0.2) is 9.84 Å². The highest BCUT2D eigenvalue weighted by atomic mass is 32.2. The Kier molecular flexibility index (Phi) is 22.1. The van der Waals surface area contributed by atoms with Gasteiger partial charge in [0.25, 0.3) is 11.8 Å². The maximum Gasteiger partial charge on any atom is 0.253 e. The average molecular weight is 1650 g/mol. The highest BCUT2D eigenvalue weighted by Crippen LogP contribution is 2.50. The van der Waals surface area contributed by atoms with Gasteiger partial charge in [-0.25, -0.2) is 30.0 Å². The van der Waals surface area contributed by atoms with Crippen LogP contribution in [0.25, 0.3) is 116 Å². The monoisotopic (exact) mass is 1650 g/mol. The van der Waals surface area contributed by atoms with Crippen LogP contribution in [0.5, 0.6) is 0 Å². The molecule has 0 bridgehead atoms. The summed E-state index contributed by atoms with van der Waals surface area (Å²) in [6, 6.07) is 55.3. The van der Waals surface area contributed by atoms with E-state index in [1.54, 1.807) is 60.4 Å². The molecule has 28 heteroatoms. The Balaban J connectivity index is 0.000000127. The van der Waals surface area contributed by atoms with Gasteiger partial charge in [-0.1, -0.05) is 36.4 Å². The normalized spacial score (nSPS) is 16.0. The number of aromatic amines is 3. The first-order chi connectivity index (χ1) is 57.0. The smallest absolute Gasteiger partial charge is 0.253 e. The summed E-state index contributed by atoms with van der Waals surface area (Å²) in [6.45, 7) is 8.45. The topological polar surface area (TPSA) is 273 Å². The standard InChI is InChI=1S/C31H29FN4O4S.C30H29FN4O4S.C29H29FN3O3P/c1-41(38,39)25-17-35(18-25)31(37)21-4-2-19(3-5-21)29-26-15-27-22(16-33-34-27)14-28(26)36(24-8-6-23(32)7-9-24)30(29)20-10-12-40-13-11-20;1-40(37,38)15-12-32-30(36)21-4-2-19(3-5-21)28-25-17-26-22(18-33-34-26)16-27(25)35(24-8-6-23(31)7-9-24)29(28)20-10-13-39-14-11-20;1-3-36-37(2,34)24-10-4-19(5-11-24)28-25-17-26-21(18-31-32-26)16-27(25)33(23-8-6-22(30)7-9-23)29(28)20-12-14-35-15-13-20/h2-9,14-16,20,25H,10-13,17-18H2,1H3,(H,33,34);2-9,16-18,20H,10-15H2,1H3,(H,32,36)(H,33,34);4-11,16-18,20H,3,12-15H2,1-2H3,(H,31,32). The molecule has 15 aromatic rings. The first-order valence-corrected chi connectivity index (χ1v) is 45.6. The number of carbonyl (C=O) groups excluding carboxylic acids is 2. The SMILES string of the molecule is CCOP(C)(=O)c1ccc(-c2c(C3CCOCC3)n(-c3ccc(F)cc3)c3cc4cn[nH]c4cc23)cc1.CS(=O)(=O)C1CN(C(=O)c2ccc(-c3c(C4CCOCC4)n(-c4ccc(F)cc4)c4cc5cn[nH]c5cc34)cc2)C1.CS(=O)(=O)CCNC(=O)c1ccc(-c2c(C3CCOCC3)n(-c3ccc(F)cc3)c3cc4cn[nH]c4cc23)cc1. The molecule has 0 radical (unpaired) electrons. The van der Waals surface area contributed by atoms with Gasteiger partial charge in [-0.3, -0.25) is 29.5 Å². The second-order valence-corrected chi connectivity index (χ2v) is 37.9. The maximum atomic E-state index is 14.0. The molecule has 10 heterocycles. The summed E-state index contributed by atoms with van der Waals surface area (Å²) < 4.78 is 131. The fourth-order valence-electron chi connectivity index (χ4n) is 17.1. The van der Waals surface area contributed by atoms with Crippen molar-refractivity contribution in [1.29, 1.82) is 0 Å². The maximum absolute atomic E-state index is 14.0. The second kappa shape index (κ2) is 32.9. The molecule has 118 heavy (non-hydrogen) atoms. The van der Waals surface area contributed by atoms with Crippen LogP contribution >= 0.6 is 7.37 Å². The van der Waals surface area contributed by atoms with E-state index in [1.165, 1.54) is 48.3 Å². The van der Waals surface area contributed by atoms with Crippen molar-refractivity contribution < 1.29 is 62.9 Å². The molecule has 606 valence electrons. The zero-order valence-corrected chi connectivity index (χ0v) is 67.9. The van der Waals surface area contributed by atoms with Crippen molar-refractivity contribution in [3.05, 3.63) is 246 Å². The molecule has 2 amide bonds. The zero-order chi connectivity index (χ0) is 81.7. The molecule has 6 aromatic heterocycles. The number of carbonyl (C=O) groups is 2. The number of likely N-dealkylation sites (tertiary alicyclic amines) is 1. The molecule has 4 N–H and O–H groups in total. The number of sulfone groups is 2. The summed E-state index contributed by atoms with van der Waals surface area (Å²) in [4.78, 5) is 27.3. The molecule has 4 aliphatic heterocycles. The summed E-state index contributed by atoms with van der Waals surface area (Å²) in [5.41, 5.74) is 19.0. The van der Waals surface area contributed by atoms with E-state index in [4.69, 9.17) is 18.7 Å². The second-order valence-electron chi connectivity index (χ2n) is 30.9. The highest BCUT2D eigenvalue weighted by Gasteiger charge is 2.39. The molecule has 1 unspecified atom stereocenters. The Morgan fingerprint density at radius 1 is 0.492 bits per heavy atom. The molecule has 4 saturated heterocycles. The fourth-order valence-corrected chi connectivity index (χ4v) is 19.8. The predicted molar refractivity (Wildman–Crippen MR) is 455 cm³/mol. The van der Waals surface area contributed by atoms with Crippen LogP contribution in [0.4, 0.5) is 13.2 Å². The molecule has 22 nitrogen and oxygen atoms in total. The van der Waals surface area contributed by atoms with E-state index in [-0.39, 0.29) is 72.4 Å². The Bertz CT molecular complexity index is 6560. The largest absolute Gasteiger partial charge is 0.381 e. The van der Waals surface area contributed by atoms with E-state index in [9.17, 15) is 44.2 Å². The number of rotatable bonds is 18. The third-order valence-corrected chi connectivity index (χ3v) is 27.6. The minimum Gasteiger partial charge on any atom is -0.381 e. The molecule has 19 rings (SSSR count).